The van der Waals surface area contributed by atoms with Gasteiger partial charge in [-0.15, -0.1) is 11.3 Å². The third-order valence-corrected chi connectivity index (χ3v) is 6.40. The predicted molar refractivity (Wildman–Crippen MR) is 121 cm³/mol. The summed E-state index contributed by atoms with van der Waals surface area (Å²) in [6.45, 7) is 1.58. The maximum Gasteiger partial charge on any atom is 0.291 e. The fraction of sp³-hybridized carbons (Fsp3) is 0.208. The van der Waals surface area contributed by atoms with Crippen LogP contribution in [0, 0.1) is 0 Å². The molecule has 2 aromatic heterocycles. The zero-order valence-corrected chi connectivity index (χ0v) is 17.7. The summed E-state index contributed by atoms with van der Waals surface area (Å²) in [6, 6.07) is 18.3. The highest BCUT2D eigenvalue weighted by atomic mass is 32.1. The number of nitrogens with one attached hydrogen (secondary N) is 1. The molecule has 6 nitrogen and oxygen atoms in total. The van der Waals surface area contributed by atoms with E-state index in [4.69, 9.17) is 4.42 Å². The van der Waals surface area contributed by atoms with Gasteiger partial charge in [-0.25, -0.2) is 4.98 Å². The number of carbonyl (C=O) groups is 2. The second kappa shape index (κ2) is 8.35. The minimum Gasteiger partial charge on any atom is -0.448 e. The number of aromatic nitrogens is 1. The molecule has 0 unspecified atom stereocenters. The summed E-state index contributed by atoms with van der Waals surface area (Å²) in [5.74, 6) is 0.393. The van der Waals surface area contributed by atoms with Crippen molar-refractivity contribution in [1.82, 2.24) is 9.88 Å². The Bertz CT molecular complexity index is 1220. The smallest absolute Gasteiger partial charge is 0.291 e. The maximum atomic E-state index is 12.7. The molecule has 0 atom stereocenters. The van der Waals surface area contributed by atoms with Gasteiger partial charge in [0.05, 0.1) is 10.2 Å². The number of hydrogen-bond acceptors (Lipinski definition) is 5. The Hall–Kier alpha value is -3.45. The van der Waals surface area contributed by atoms with Crippen LogP contribution in [-0.2, 0) is 0 Å². The Balaban J connectivity index is 1.31. The topological polar surface area (TPSA) is 75.4 Å². The summed E-state index contributed by atoms with van der Waals surface area (Å²) in [6.07, 6.45) is 3.25. The van der Waals surface area contributed by atoms with Gasteiger partial charge in [0.2, 0.25) is 0 Å². The zero-order chi connectivity index (χ0) is 21.2. The molecule has 156 valence electrons. The summed E-state index contributed by atoms with van der Waals surface area (Å²) < 4.78 is 6.83. The Morgan fingerprint density at radius 2 is 1.81 bits per heavy atom. The molecule has 2 amide bonds. The van der Waals surface area contributed by atoms with Gasteiger partial charge >= 0.3 is 0 Å². The largest absolute Gasteiger partial charge is 0.448 e. The number of thiazole rings is 1. The molecule has 1 aliphatic heterocycles. The van der Waals surface area contributed by atoms with E-state index in [9.17, 15) is 9.59 Å². The summed E-state index contributed by atoms with van der Waals surface area (Å²) >= 11 is 1.52. The number of furan rings is 1. The van der Waals surface area contributed by atoms with Crippen molar-refractivity contribution >= 4 is 39.1 Å². The first kappa shape index (κ1) is 19.5. The maximum absolute atomic E-state index is 12.7. The highest BCUT2D eigenvalue weighted by Gasteiger charge is 2.19. The third kappa shape index (κ3) is 4.09. The molecule has 1 N–H and O–H groups in total. The fourth-order valence-electron chi connectivity index (χ4n) is 3.75. The lowest BCUT2D eigenvalue weighted by Gasteiger charge is -2.26. The van der Waals surface area contributed by atoms with Gasteiger partial charge in [0, 0.05) is 24.3 Å². The van der Waals surface area contributed by atoms with Gasteiger partial charge in [0.15, 0.2) is 16.5 Å². The highest BCUT2D eigenvalue weighted by Crippen LogP contribution is 2.31. The Kier molecular flexibility index (Phi) is 5.26. The van der Waals surface area contributed by atoms with E-state index in [2.05, 4.69) is 10.3 Å². The lowest BCUT2D eigenvalue weighted by atomic mass is 10.1. The summed E-state index contributed by atoms with van der Waals surface area (Å²) in [5, 5.41) is 3.56. The average Bonchev–Trinajstić information content (AvgIpc) is 3.46. The molecule has 0 bridgehead atoms. The molecule has 0 radical (unpaired) electrons. The molecule has 0 aliphatic carbocycles. The van der Waals surface area contributed by atoms with Crippen molar-refractivity contribution in [2.45, 2.75) is 19.3 Å². The molecule has 5 rings (SSSR count). The summed E-state index contributed by atoms with van der Waals surface area (Å²) in [5.41, 5.74) is 2.04. The van der Waals surface area contributed by atoms with E-state index in [1.54, 1.807) is 36.4 Å². The van der Waals surface area contributed by atoms with E-state index in [0.29, 0.717) is 17.0 Å². The van der Waals surface area contributed by atoms with Gasteiger partial charge in [-0.2, -0.15) is 0 Å². The van der Waals surface area contributed by atoms with Gasteiger partial charge in [-0.05, 0) is 61.7 Å². The van der Waals surface area contributed by atoms with Gasteiger partial charge < -0.3 is 14.6 Å². The van der Waals surface area contributed by atoms with Gasteiger partial charge in [0.25, 0.3) is 11.8 Å². The number of amides is 2. The first-order valence-electron chi connectivity index (χ1n) is 10.3. The number of hydrogen-bond donors (Lipinski definition) is 1. The van der Waals surface area contributed by atoms with Gasteiger partial charge in [0.1, 0.15) is 0 Å². The van der Waals surface area contributed by atoms with Gasteiger partial charge in [-0.1, -0.05) is 18.2 Å². The van der Waals surface area contributed by atoms with Crippen molar-refractivity contribution in [3.05, 3.63) is 72.0 Å². The quantitative estimate of drug-likeness (QED) is 0.467. The number of piperidine rings is 1. The molecule has 1 fully saturated rings. The van der Waals surface area contributed by atoms with E-state index < -0.39 is 0 Å². The lowest BCUT2D eigenvalue weighted by molar-refractivity contribution is 0.0724. The number of carbonyl (C=O) groups excluding carboxylic acids is 2. The van der Waals surface area contributed by atoms with Crippen molar-refractivity contribution in [2.24, 2.45) is 0 Å². The first-order valence-corrected chi connectivity index (χ1v) is 11.2. The number of nitrogens with zero attached hydrogens (tertiary/aromatic N) is 2. The third-order valence-electron chi connectivity index (χ3n) is 5.35. The van der Waals surface area contributed by atoms with Crippen molar-refractivity contribution in [2.75, 3.05) is 18.4 Å². The number of likely N-dealkylation sites (tertiary alicyclic amines) is 1. The second-order valence-electron chi connectivity index (χ2n) is 7.54. The van der Waals surface area contributed by atoms with Crippen LogP contribution in [0.2, 0.25) is 0 Å². The van der Waals surface area contributed by atoms with E-state index >= 15 is 0 Å². The van der Waals surface area contributed by atoms with Crippen LogP contribution >= 0.6 is 11.3 Å². The minimum absolute atomic E-state index is 0.00641. The molecule has 1 saturated heterocycles. The van der Waals surface area contributed by atoms with Crippen molar-refractivity contribution in [1.29, 1.82) is 0 Å². The molecule has 0 saturated carbocycles. The van der Waals surface area contributed by atoms with E-state index in [1.807, 2.05) is 29.2 Å². The molecule has 31 heavy (non-hydrogen) atoms. The number of anilines is 1. The normalized spacial score (nSPS) is 14.0. The van der Waals surface area contributed by atoms with Crippen LogP contribution < -0.4 is 5.32 Å². The van der Waals surface area contributed by atoms with Crippen LogP contribution in [0.15, 0.2) is 65.1 Å². The van der Waals surface area contributed by atoms with Crippen molar-refractivity contribution in [3.63, 3.8) is 0 Å². The first-order chi connectivity index (χ1) is 15.2. The second-order valence-corrected chi connectivity index (χ2v) is 8.57. The zero-order valence-electron chi connectivity index (χ0n) is 16.8. The molecular weight excluding hydrogens is 410 g/mol. The van der Waals surface area contributed by atoms with Crippen LogP contribution in [0.4, 0.5) is 5.69 Å². The molecule has 1 aliphatic rings. The number of para-hydroxylation sites is 1. The summed E-state index contributed by atoms with van der Waals surface area (Å²) in [4.78, 5) is 31.9. The number of benzene rings is 2. The monoisotopic (exact) mass is 431 g/mol. The molecule has 2 aromatic carbocycles. The molecule has 4 aromatic rings. The van der Waals surface area contributed by atoms with E-state index in [-0.39, 0.29) is 17.6 Å². The molecule has 3 heterocycles. The van der Waals surface area contributed by atoms with Crippen molar-refractivity contribution in [3.8, 4) is 10.8 Å². The lowest BCUT2D eigenvalue weighted by Crippen LogP contribution is -2.35. The van der Waals surface area contributed by atoms with Crippen molar-refractivity contribution < 1.29 is 14.0 Å². The predicted octanol–water partition coefficient (Wildman–Crippen LogP) is 5.43. The molecule has 0 spiro atoms. The Labute approximate surface area is 183 Å². The Morgan fingerprint density at radius 1 is 0.968 bits per heavy atom. The highest BCUT2D eigenvalue weighted by molar-refractivity contribution is 7.21. The summed E-state index contributed by atoms with van der Waals surface area (Å²) in [7, 11) is 0. The van der Waals surface area contributed by atoms with Crippen LogP contribution in [0.1, 0.15) is 40.2 Å². The average molecular weight is 432 g/mol. The van der Waals surface area contributed by atoms with E-state index in [0.717, 1.165) is 41.2 Å². The number of fused-ring (bicyclic) bond motifs is 1. The minimum atomic E-state index is -0.366. The van der Waals surface area contributed by atoms with E-state index in [1.165, 1.54) is 17.8 Å². The van der Waals surface area contributed by atoms with Crippen LogP contribution in [-0.4, -0.2) is 34.8 Å². The van der Waals surface area contributed by atoms with Crippen LogP contribution in [0.25, 0.3) is 21.0 Å². The fourth-order valence-corrected chi connectivity index (χ4v) is 4.68. The standard InChI is InChI=1S/C24H21N3O3S/c28-22(19-11-12-20(30-19)23-26-18-9-2-3-10-21(18)31-23)25-17-8-6-7-16(15-17)24(29)27-13-4-1-5-14-27/h2-3,6-12,15H,1,4-5,13-14H2,(H,25,28). The molecule has 7 heteroatoms. The number of rotatable bonds is 4. The molecular formula is C24H21N3O3S. The Morgan fingerprint density at radius 3 is 2.65 bits per heavy atom. The van der Waals surface area contributed by atoms with Gasteiger partial charge in [-0.3, -0.25) is 9.59 Å². The van der Waals surface area contributed by atoms with Crippen LogP contribution in [0.5, 0.6) is 0 Å². The van der Waals surface area contributed by atoms with Crippen LogP contribution in [0.3, 0.4) is 0 Å². The SMILES string of the molecule is O=C(Nc1cccc(C(=O)N2CCCCC2)c1)c1ccc(-c2nc3ccccc3s2)o1.